The van der Waals surface area contributed by atoms with Gasteiger partial charge in [-0.2, -0.15) is 0 Å². The molecule has 0 heterocycles. The van der Waals surface area contributed by atoms with Gasteiger partial charge < -0.3 is 5.01 Å². The third-order valence-electron chi connectivity index (χ3n) is 1.16. The van der Waals surface area contributed by atoms with E-state index in [0.717, 1.165) is 5.69 Å². The van der Waals surface area contributed by atoms with Gasteiger partial charge in [-0.05, 0) is 12.1 Å². The van der Waals surface area contributed by atoms with Crippen molar-refractivity contribution in [2.45, 2.75) is 0 Å². The maximum atomic E-state index is 5.45. The lowest BCUT2D eigenvalue weighted by Gasteiger charge is -2.09. The maximum Gasteiger partial charge on any atom is 0.0513 e. The van der Waals surface area contributed by atoms with Gasteiger partial charge in [0.25, 0.3) is 0 Å². The molecular formula is C7H11ClN2. The van der Waals surface area contributed by atoms with Crippen LogP contribution in [-0.4, -0.2) is 7.05 Å². The maximum absolute atomic E-state index is 5.45. The first-order valence-electron chi connectivity index (χ1n) is 2.84. The standard InChI is InChI=1S/C7H10N2.ClH/c1-9(8)7-5-3-2-4-6-7;/h2-6H,8H2,1H3;1H. The highest BCUT2D eigenvalue weighted by Gasteiger charge is 1.88. The molecule has 3 heteroatoms. The van der Waals surface area contributed by atoms with Gasteiger partial charge in [0, 0.05) is 7.05 Å². The van der Waals surface area contributed by atoms with E-state index in [1.54, 1.807) is 5.01 Å². The minimum atomic E-state index is 0. The van der Waals surface area contributed by atoms with Gasteiger partial charge in [0.05, 0.1) is 5.69 Å². The normalized spacial score (nSPS) is 8.20. The van der Waals surface area contributed by atoms with Crippen molar-refractivity contribution in [3.8, 4) is 0 Å². The highest BCUT2D eigenvalue weighted by Crippen LogP contribution is 2.05. The number of nitrogens with zero attached hydrogens (tertiary/aromatic N) is 1. The summed E-state index contributed by atoms with van der Waals surface area (Å²) in [5.41, 5.74) is 1.03. The zero-order valence-electron chi connectivity index (χ0n) is 5.82. The molecule has 0 aliphatic rings. The summed E-state index contributed by atoms with van der Waals surface area (Å²) in [6.07, 6.45) is 0. The van der Waals surface area contributed by atoms with Crippen LogP contribution < -0.4 is 10.9 Å². The molecule has 56 valence electrons. The van der Waals surface area contributed by atoms with Crippen molar-refractivity contribution in [2.24, 2.45) is 5.84 Å². The molecule has 2 nitrogen and oxygen atoms in total. The molecule has 1 aromatic rings. The quantitative estimate of drug-likeness (QED) is 0.495. The van der Waals surface area contributed by atoms with Crippen LogP contribution in [0.3, 0.4) is 0 Å². The summed E-state index contributed by atoms with van der Waals surface area (Å²) >= 11 is 0. The lowest BCUT2D eigenvalue weighted by atomic mass is 10.3. The van der Waals surface area contributed by atoms with Crippen molar-refractivity contribution >= 4 is 18.1 Å². The third kappa shape index (κ3) is 2.25. The SMILES string of the molecule is CN(N)c1ccccc1.Cl. The Balaban J connectivity index is 0.000000810. The summed E-state index contributed by atoms with van der Waals surface area (Å²) in [7, 11) is 1.81. The van der Waals surface area contributed by atoms with Crippen LogP contribution in [0.1, 0.15) is 0 Å². The summed E-state index contributed by atoms with van der Waals surface area (Å²) < 4.78 is 0. The zero-order valence-corrected chi connectivity index (χ0v) is 6.64. The van der Waals surface area contributed by atoms with Gasteiger partial charge in [0.15, 0.2) is 0 Å². The molecule has 2 N–H and O–H groups in total. The average Bonchev–Trinajstić information content (AvgIpc) is 1.90. The molecule has 0 saturated heterocycles. The largest absolute Gasteiger partial charge is 0.314 e. The molecule has 0 atom stereocenters. The van der Waals surface area contributed by atoms with E-state index in [2.05, 4.69) is 0 Å². The van der Waals surface area contributed by atoms with Crippen molar-refractivity contribution in [3.63, 3.8) is 0 Å². The Hall–Kier alpha value is -0.730. The van der Waals surface area contributed by atoms with Crippen LogP contribution in [0.25, 0.3) is 0 Å². The van der Waals surface area contributed by atoms with Crippen molar-refractivity contribution in [3.05, 3.63) is 30.3 Å². The third-order valence-corrected chi connectivity index (χ3v) is 1.16. The molecule has 0 aliphatic carbocycles. The molecule has 0 fully saturated rings. The molecular weight excluding hydrogens is 148 g/mol. The monoisotopic (exact) mass is 158 g/mol. The van der Waals surface area contributed by atoms with E-state index >= 15 is 0 Å². The lowest BCUT2D eigenvalue weighted by molar-refractivity contribution is 1.02. The van der Waals surface area contributed by atoms with Crippen LogP contribution in [-0.2, 0) is 0 Å². The Morgan fingerprint density at radius 1 is 1.20 bits per heavy atom. The molecule has 0 aromatic heterocycles. The van der Waals surface area contributed by atoms with Gasteiger partial charge in [0.2, 0.25) is 0 Å². The van der Waals surface area contributed by atoms with Crippen LogP contribution in [0.4, 0.5) is 5.69 Å². The minimum Gasteiger partial charge on any atom is -0.314 e. The van der Waals surface area contributed by atoms with Crippen LogP contribution in [0, 0.1) is 0 Å². The number of anilines is 1. The molecule has 1 aromatic carbocycles. The van der Waals surface area contributed by atoms with E-state index in [9.17, 15) is 0 Å². The van der Waals surface area contributed by atoms with Crippen molar-refractivity contribution in [2.75, 3.05) is 12.1 Å². The minimum absolute atomic E-state index is 0. The Bertz CT molecular complexity index is 174. The fraction of sp³-hybridized carbons (Fsp3) is 0.143. The molecule has 10 heavy (non-hydrogen) atoms. The van der Waals surface area contributed by atoms with E-state index in [1.165, 1.54) is 0 Å². The van der Waals surface area contributed by atoms with E-state index < -0.39 is 0 Å². The Morgan fingerprint density at radius 2 is 1.70 bits per heavy atom. The summed E-state index contributed by atoms with van der Waals surface area (Å²) in [5, 5.41) is 1.58. The van der Waals surface area contributed by atoms with Gasteiger partial charge in [-0.15, -0.1) is 12.4 Å². The Labute approximate surface area is 67.0 Å². The number of hydrogen-bond donors (Lipinski definition) is 1. The first kappa shape index (κ1) is 9.27. The number of halogens is 1. The number of para-hydroxylation sites is 1. The van der Waals surface area contributed by atoms with E-state index in [-0.39, 0.29) is 12.4 Å². The summed E-state index contributed by atoms with van der Waals surface area (Å²) in [6, 6.07) is 9.80. The summed E-state index contributed by atoms with van der Waals surface area (Å²) in [4.78, 5) is 0. The number of hydrogen-bond acceptors (Lipinski definition) is 2. The lowest BCUT2D eigenvalue weighted by Crippen LogP contribution is -2.24. The molecule has 0 spiro atoms. The summed E-state index contributed by atoms with van der Waals surface area (Å²) in [5.74, 6) is 5.45. The molecule has 0 radical (unpaired) electrons. The highest BCUT2D eigenvalue weighted by molar-refractivity contribution is 5.85. The first-order valence-corrected chi connectivity index (χ1v) is 2.84. The first-order chi connectivity index (χ1) is 4.30. The van der Waals surface area contributed by atoms with E-state index in [4.69, 9.17) is 5.84 Å². The van der Waals surface area contributed by atoms with E-state index in [0.29, 0.717) is 0 Å². The van der Waals surface area contributed by atoms with Crippen molar-refractivity contribution < 1.29 is 0 Å². The Kier molecular flexibility index (Phi) is 3.84. The molecule has 0 amide bonds. The predicted octanol–water partition coefficient (Wildman–Crippen LogP) is 1.42. The second-order valence-electron chi connectivity index (χ2n) is 1.95. The number of nitrogens with two attached hydrogens (primary N) is 1. The van der Waals surface area contributed by atoms with Gasteiger partial charge in [-0.25, -0.2) is 5.84 Å². The van der Waals surface area contributed by atoms with Gasteiger partial charge in [0.1, 0.15) is 0 Å². The second-order valence-corrected chi connectivity index (χ2v) is 1.95. The average molecular weight is 159 g/mol. The number of rotatable bonds is 1. The van der Waals surface area contributed by atoms with Crippen LogP contribution >= 0.6 is 12.4 Å². The second kappa shape index (κ2) is 4.14. The van der Waals surface area contributed by atoms with Gasteiger partial charge >= 0.3 is 0 Å². The van der Waals surface area contributed by atoms with Crippen molar-refractivity contribution in [1.29, 1.82) is 0 Å². The van der Waals surface area contributed by atoms with Gasteiger partial charge in [-0.3, -0.25) is 0 Å². The molecule has 0 unspecified atom stereocenters. The molecule has 0 aliphatic heterocycles. The number of benzene rings is 1. The van der Waals surface area contributed by atoms with Crippen LogP contribution in [0.5, 0.6) is 0 Å². The summed E-state index contributed by atoms with van der Waals surface area (Å²) in [6.45, 7) is 0. The van der Waals surface area contributed by atoms with Gasteiger partial charge in [-0.1, -0.05) is 18.2 Å². The fourth-order valence-electron chi connectivity index (χ4n) is 0.663. The predicted molar refractivity (Wildman–Crippen MR) is 46.3 cm³/mol. The van der Waals surface area contributed by atoms with E-state index in [1.807, 2.05) is 37.4 Å². The zero-order chi connectivity index (χ0) is 6.69. The number of hydrazine groups is 1. The highest BCUT2D eigenvalue weighted by atomic mass is 35.5. The molecule has 1 rings (SSSR count). The van der Waals surface area contributed by atoms with Crippen LogP contribution in [0.2, 0.25) is 0 Å². The molecule has 0 saturated carbocycles. The molecule has 0 bridgehead atoms. The smallest absolute Gasteiger partial charge is 0.0513 e. The fourth-order valence-corrected chi connectivity index (χ4v) is 0.663. The topological polar surface area (TPSA) is 29.3 Å². The Morgan fingerprint density at radius 3 is 2.00 bits per heavy atom. The van der Waals surface area contributed by atoms with Crippen LogP contribution in [0.15, 0.2) is 30.3 Å². The van der Waals surface area contributed by atoms with Crippen molar-refractivity contribution in [1.82, 2.24) is 0 Å².